The van der Waals surface area contributed by atoms with E-state index < -0.39 is 0 Å². The number of carbonyl (C=O) groups excluding carboxylic acids is 1. The normalized spacial score (nSPS) is 30.6. The van der Waals surface area contributed by atoms with Crippen LogP contribution >= 0.6 is 0 Å². The molecule has 2 saturated heterocycles. The van der Waals surface area contributed by atoms with Crippen molar-refractivity contribution in [2.45, 2.75) is 65.2 Å². The maximum absolute atomic E-state index is 12.5. The van der Waals surface area contributed by atoms with Crippen molar-refractivity contribution in [3.05, 3.63) is 0 Å². The maximum Gasteiger partial charge on any atom is 0.241 e. The second kappa shape index (κ2) is 6.23. The van der Waals surface area contributed by atoms with Crippen molar-refractivity contribution >= 4 is 5.91 Å². The van der Waals surface area contributed by atoms with Crippen molar-refractivity contribution in [3.63, 3.8) is 0 Å². The Bertz CT molecular complexity index is 313. The van der Waals surface area contributed by atoms with Crippen LogP contribution in [-0.2, 0) is 4.79 Å². The fraction of sp³-hybridized carbons (Fsp3) is 0.933. The fourth-order valence-corrected chi connectivity index (χ4v) is 3.40. The number of carbonyl (C=O) groups is 1. The van der Waals surface area contributed by atoms with Gasteiger partial charge in [0.15, 0.2) is 0 Å². The zero-order valence-electron chi connectivity index (χ0n) is 12.9. The Labute approximate surface area is 117 Å². The third kappa shape index (κ3) is 3.11. The van der Waals surface area contributed by atoms with Gasteiger partial charge in [-0.1, -0.05) is 20.8 Å². The van der Waals surface area contributed by atoms with Crippen molar-refractivity contribution in [2.75, 3.05) is 19.6 Å². The van der Waals surface area contributed by atoms with Gasteiger partial charge >= 0.3 is 0 Å². The van der Waals surface area contributed by atoms with E-state index in [-0.39, 0.29) is 12.2 Å². The van der Waals surface area contributed by atoms with Crippen molar-refractivity contribution < 1.29 is 4.79 Å². The van der Waals surface area contributed by atoms with Crippen LogP contribution in [0.5, 0.6) is 0 Å². The highest BCUT2D eigenvalue weighted by Gasteiger charge is 2.41. The number of likely N-dealkylation sites (tertiary alicyclic amines) is 1. The van der Waals surface area contributed by atoms with Gasteiger partial charge in [-0.3, -0.25) is 10.1 Å². The van der Waals surface area contributed by atoms with Gasteiger partial charge in [0.05, 0.1) is 12.2 Å². The molecule has 1 N–H and O–H groups in total. The van der Waals surface area contributed by atoms with E-state index >= 15 is 0 Å². The number of amides is 1. The third-order valence-corrected chi connectivity index (χ3v) is 4.46. The van der Waals surface area contributed by atoms with E-state index in [2.05, 4.69) is 42.8 Å². The van der Waals surface area contributed by atoms with Crippen LogP contribution < -0.4 is 5.32 Å². The Balaban J connectivity index is 2.03. The molecule has 0 saturated carbocycles. The molecule has 2 rings (SSSR count). The van der Waals surface area contributed by atoms with Crippen LogP contribution in [0.3, 0.4) is 0 Å². The highest BCUT2D eigenvalue weighted by molar-refractivity contribution is 5.84. The molecule has 3 atom stereocenters. The minimum atomic E-state index is 0.0217. The Morgan fingerprint density at radius 2 is 1.89 bits per heavy atom. The third-order valence-electron chi connectivity index (χ3n) is 4.46. The maximum atomic E-state index is 12.5. The minimum absolute atomic E-state index is 0.0217. The van der Waals surface area contributed by atoms with Crippen LogP contribution in [0.2, 0.25) is 0 Å². The van der Waals surface area contributed by atoms with Gasteiger partial charge in [0.25, 0.3) is 0 Å². The summed E-state index contributed by atoms with van der Waals surface area (Å²) in [6.45, 7) is 12.1. The zero-order valence-corrected chi connectivity index (χ0v) is 12.9. The summed E-state index contributed by atoms with van der Waals surface area (Å²) in [6, 6.07) is 0.329. The predicted molar refractivity (Wildman–Crippen MR) is 77.8 cm³/mol. The second-order valence-electron chi connectivity index (χ2n) is 6.42. The number of hydrogen-bond donors (Lipinski definition) is 1. The van der Waals surface area contributed by atoms with Crippen LogP contribution in [0.15, 0.2) is 0 Å². The van der Waals surface area contributed by atoms with Gasteiger partial charge in [0.2, 0.25) is 5.91 Å². The topological polar surface area (TPSA) is 35.6 Å². The van der Waals surface area contributed by atoms with Crippen LogP contribution in [0.4, 0.5) is 0 Å². The lowest BCUT2D eigenvalue weighted by Crippen LogP contribution is -2.50. The molecule has 2 heterocycles. The van der Waals surface area contributed by atoms with E-state index in [1.165, 1.54) is 25.9 Å². The Morgan fingerprint density at radius 3 is 2.42 bits per heavy atom. The van der Waals surface area contributed by atoms with Gasteiger partial charge in [-0.2, -0.15) is 0 Å². The zero-order chi connectivity index (χ0) is 14.0. The molecule has 19 heavy (non-hydrogen) atoms. The standard InChI is InChI=1S/C15H29N3O/c1-5-13-15(19)18(14(16-13)11(2)3)12(4)10-17-8-6-7-9-17/h11-14,16H,5-10H2,1-4H3. The first-order valence-electron chi connectivity index (χ1n) is 7.85. The van der Waals surface area contributed by atoms with E-state index in [1.807, 2.05) is 0 Å². The lowest BCUT2D eigenvalue weighted by molar-refractivity contribution is -0.132. The molecule has 0 aromatic rings. The highest BCUT2D eigenvalue weighted by Crippen LogP contribution is 2.23. The number of nitrogens with one attached hydrogen (secondary N) is 1. The minimum Gasteiger partial charge on any atom is -0.322 e. The molecule has 0 radical (unpaired) electrons. The first-order valence-corrected chi connectivity index (χ1v) is 7.85. The summed E-state index contributed by atoms with van der Waals surface area (Å²) in [7, 11) is 0. The quantitative estimate of drug-likeness (QED) is 0.823. The van der Waals surface area contributed by atoms with E-state index in [0.29, 0.717) is 17.9 Å². The van der Waals surface area contributed by atoms with E-state index in [0.717, 1.165) is 13.0 Å². The van der Waals surface area contributed by atoms with Gasteiger partial charge in [0, 0.05) is 12.6 Å². The molecule has 0 bridgehead atoms. The van der Waals surface area contributed by atoms with Crippen molar-refractivity contribution in [1.82, 2.24) is 15.1 Å². The van der Waals surface area contributed by atoms with Crippen LogP contribution in [0.25, 0.3) is 0 Å². The van der Waals surface area contributed by atoms with Gasteiger partial charge in [-0.15, -0.1) is 0 Å². The Hall–Kier alpha value is -0.610. The van der Waals surface area contributed by atoms with Crippen LogP contribution in [0, 0.1) is 5.92 Å². The number of nitrogens with zero attached hydrogens (tertiary/aromatic N) is 2. The van der Waals surface area contributed by atoms with Gasteiger partial charge in [-0.25, -0.2) is 0 Å². The number of rotatable bonds is 5. The largest absolute Gasteiger partial charge is 0.322 e. The molecule has 3 unspecified atom stereocenters. The van der Waals surface area contributed by atoms with E-state index in [1.54, 1.807) is 0 Å². The molecular weight excluding hydrogens is 238 g/mol. The molecule has 2 aliphatic heterocycles. The summed E-state index contributed by atoms with van der Waals surface area (Å²) in [5.74, 6) is 0.759. The Morgan fingerprint density at radius 1 is 1.26 bits per heavy atom. The summed E-state index contributed by atoms with van der Waals surface area (Å²) in [6.07, 6.45) is 3.71. The smallest absolute Gasteiger partial charge is 0.241 e. The summed E-state index contributed by atoms with van der Waals surface area (Å²) < 4.78 is 0. The van der Waals surface area contributed by atoms with Gasteiger partial charge in [-0.05, 0) is 45.2 Å². The average Bonchev–Trinajstić information content (AvgIpc) is 2.96. The molecule has 4 heteroatoms. The monoisotopic (exact) mass is 267 g/mol. The lowest BCUT2D eigenvalue weighted by Gasteiger charge is -2.34. The molecule has 110 valence electrons. The SMILES string of the molecule is CCC1NC(C(C)C)N(C(C)CN2CCCC2)C1=O. The van der Waals surface area contributed by atoms with Crippen molar-refractivity contribution in [2.24, 2.45) is 5.92 Å². The lowest BCUT2D eigenvalue weighted by atomic mass is 10.1. The summed E-state index contributed by atoms with van der Waals surface area (Å²) in [5.41, 5.74) is 0. The molecule has 0 aliphatic carbocycles. The summed E-state index contributed by atoms with van der Waals surface area (Å²) >= 11 is 0. The summed E-state index contributed by atoms with van der Waals surface area (Å²) in [5, 5.41) is 3.50. The predicted octanol–water partition coefficient (Wildman–Crippen LogP) is 1.66. The molecule has 0 aromatic carbocycles. The van der Waals surface area contributed by atoms with Crippen LogP contribution in [0.1, 0.15) is 47.0 Å². The van der Waals surface area contributed by atoms with E-state index in [9.17, 15) is 4.79 Å². The highest BCUT2D eigenvalue weighted by atomic mass is 16.2. The average molecular weight is 267 g/mol. The van der Waals surface area contributed by atoms with Gasteiger partial charge < -0.3 is 9.80 Å². The second-order valence-corrected chi connectivity index (χ2v) is 6.42. The van der Waals surface area contributed by atoms with E-state index in [4.69, 9.17) is 0 Å². The molecule has 2 fully saturated rings. The number of hydrogen-bond acceptors (Lipinski definition) is 3. The Kier molecular flexibility index (Phi) is 4.85. The first kappa shape index (κ1) is 14.8. The molecule has 0 spiro atoms. The van der Waals surface area contributed by atoms with Gasteiger partial charge in [0.1, 0.15) is 0 Å². The molecule has 2 aliphatic rings. The first-order chi connectivity index (χ1) is 9.04. The van der Waals surface area contributed by atoms with Crippen LogP contribution in [-0.4, -0.2) is 53.6 Å². The molecule has 4 nitrogen and oxygen atoms in total. The molecule has 1 amide bonds. The molecule has 0 aromatic heterocycles. The summed E-state index contributed by atoms with van der Waals surface area (Å²) in [4.78, 5) is 17.1. The van der Waals surface area contributed by atoms with Crippen molar-refractivity contribution in [1.29, 1.82) is 0 Å². The molecular formula is C15H29N3O. The fourth-order valence-electron chi connectivity index (χ4n) is 3.40. The van der Waals surface area contributed by atoms with Crippen molar-refractivity contribution in [3.8, 4) is 0 Å².